The second kappa shape index (κ2) is 7.96. The van der Waals surface area contributed by atoms with E-state index >= 15 is 0 Å². The Labute approximate surface area is 177 Å². The molecule has 152 valence electrons. The van der Waals surface area contributed by atoms with E-state index in [0.717, 1.165) is 22.4 Å². The number of benzene rings is 1. The van der Waals surface area contributed by atoms with Crippen molar-refractivity contribution in [2.45, 2.75) is 13.1 Å². The first-order valence-corrected chi connectivity index (χ1v) is 10.3. The molecule has 0 aliphatic heterocycles. The summed E-state index contributed by atoms with van der Waals surface area (Å²) >= 11 is 2.18. The number of hydrogen-bond donors (Lipinski definition) is 1. The van der Waals surface area contributed by atoms with Gasteiger partial charge in [-0.05, 0) is 19.1 Å². The van der Waals surface area contributed by atoms with Crippen LogP contribution in [0.15, 0.2) is 47.9 Å². The number of carbonyl (C=O) groups is 1. The van der Waals surface area contributed by atoms with Gasteiger partial charge in [0.15, 0.2) is 10.8 Å². The quantitative estimate of drug-likeness (QED) is 0.403. The van der Waals surface area contributed by atoms with Crippen molar-refractivity contribution in [3.8, 4) is 11.3 Å². The van der Waals surface area contributed by atoms with E-state index in [1.807, 2.05) is 6.92 Å². The van der Waals surface area contributed by atoms with Gasteiger partial charge in [0.25, 0.3) is 0 Å². The first kappa shape index (κ1) is 20.2. The molecule has 1 aromatic carbocycles. The monoisotopic (exact) mass is 446 g/mol. The van der Waals surface area contributed by atoms with Crippen molar-refractivity contribution in [2.24, 2.45) is 0 Å². The van der Waals surface area contributed by atoms with Crippen LogP contribution in [0.3, 0.4) is 0 Å². The molecule has 0 atom stereocenters. The summed E-state index contributed by atoms with van der Waals surface area (Å²) in [5.41, 5.74) is 0.439. The number of amides is 1. The van der Waals surface area contributed by atoms with E-state index < -0.39 is 17.6 Å². The average molecular weight is 446 g/mol. The second-order valence-corrected chi connectivity index (χ2v) is 8.27. The lowest BCUT2D eigenvalue weighted by atomic mass is 10.1. The first-order chi connectivity index (χ1) is 14.3. The Balaban J connectivity index is 1.67. The molecule has 4 aromatic rings. The number of aromatic nitrogens is 3. The highest BCUT2D eigenvalue weighted by Gasteiger charge is 2.35. The van der Waals surface area contributed by atoms with Crippen molar-refractivity contribution in [1.29, 1.82) is 0 Å². The van der Waals surface area contributed by atoms with Gasteiger partial charge in [-0.1, -0.05) is 41.7 Å². The van der Waals surface area contributed by atoms with Crippen LogP contribution >= 0.6 is 22.7 Å². The predicted molar refractivity (Wildman–Crippen MR) is 112 cm³/mol. The van der Waals surface area contributed by atoms with Gasteiger partial charge in [0, 0.05) is 17.0 Å². The summed E-state index contributed by atoms with van der Waals surface area (Å²) in [5, 5.41) is 5.19. The van der Waals surface area contributed by atoms with Gasteiger partial charge >= 0.3 is 6.18 Å². The van der Waals surface area contributed by atoms with Crippen molar-refractivity contribution < 1.29 is 18.0 Å². The maximum Gasteiger partial charge on any atom is 0.417 e. The third-order valence-corrected chi connectivity index (χ3v) is 5.79. The summed E-state index contributed by atoms with van der Waals surface area (Å²) in [4.78, 5) is 24.7. The smallest absolute Gasteiger partial charge is 0.298 e. The molecule has 0 saturated heterocycles. The molecule has 1 N–H and O–H groups in total. The molecule has 4 rings (SSSR count). The number of nitrogens with one attached hydrogen (secondary N) is 1. The highest BCUT2D eigenvalue weighted by Crippen LogP contribution is 2.40. The molecule has 3 heterocycles. The molecule has 0 fully saturated rings. The zero-order valence-corrected chi connectivity index (χ0v) is 17.0. The van der Waals surface area contributed by atoms with Crippen molar-refractivity contribution in [1.82, 2.24) is 15.0 Å². The number of aryl methyl sites for hydroxylation is 1. The number of anilines is 1. The molecule has 0 radical (unpaired) electrons. The number of thiazole rings is 2. The second-order valence-electron chi connectivity index (χ2n) is 6.20. The third kappa shape index (κ3) is 4.39. The van der Waals surface area contributed by atoms with Gasteiger partial charge in [-0.15, -0.1) is 11.3 Å². The lowest BCUT2D eigenvalue weighted by Crippen LogP contribution is -2.07. The normalized spacial score (nSPS) is 12.0. The standard InChI is InChI=1S/C20H13F3N4OS2/c1-11-24-13(10-29-11)7-8-16(28)26-19-27-18-17(30-19)14(20(21,22)23)9-15(25-18)12-5-3-2-4-6-12/h2-10H,1H3,(H,25,26,27,28)/b8-7+. The van der Waals surface area contributed by atoms with E-state index in [9.17, 15) is 18.0 Å². The molecule has 0 spiro atoms. The van der Waals surface area contributed by atoms with Crippen LogP contribution in [0.1, 0.15) is 16.3 Å². The Hall–Kier alpha value is -3.11. The number of hydrogen-bond acceptors (Lipinski definition) is 6. The Morgan fingerprint density at radius 1 is 1.13 bits per heavy atom. The Kier molecular flexibility index (Phi) is 5.35. The van der Waals surface area contributed by atoms with Crippen LogP contribution in [0.2, 0.25) is 0 Å². The number of carbonyl (C=O) groups excluding carboxylic acids is 1. The fraction of sp³-hybridized carbons (Fsp3) is 0.100. The van der Waals surface area contributed by atoms with Gasteiger partial charge in [-0.2, -0.15) is 18.2 Å². The zero-order chi connectivity index (χ0) is 21.3. The molecule has 0 aliphatic rings. The Bertz CT molecular complexity index is 1250. The number of nitrogens with zero attached hydrogens (tertiary/aromatic N) is 3. The van der Waals surface area contributed by atoms with Crippen LogP contribution in [0.4, 0.5) is 18.3 Å². The highest BCUT2D eigenvalue weighted by molar-refractivity contribution is 7.22. The van der Waals surface area contributed by atoms with E-state index in [4.69, 9.17) is 0 Å². The van der Waals surface area contributed by atoms with Crippen LogP contribution in [0.25, 0.3) is 27.7 Å². The fourth-order valence-corrected chi connectivity index (χ4v) is 4.22. The molecule has 5 nitrogen and oxygen atoms in total. The van der Waals surface area contributed by atoms with Gasteiger partial charge in [0.1, 0.15) is 0 Å². The topological polar surface area (TPSA) is 67.8 Å². The molecule has 10 heteroatoms. The number of fused-ring (bicyclic) bond motifs is 1. The molecule has 0 bridgehead atoms. The maximum absolute atomic E-state index is 13.6. The van der Waals surface area contributed by atoms with Gasteiger partial charge in [0.2, 0.25) is 5.91 Å². The number of alkyl halides is 3. The minimum atomic E-state index is -4.58. The minimum absolute atomic E-state index is 0.0392. The van der Waals surface area contributed by atoms with Gasteiger partial charge in [-0.25, -0.2) is 9.97 Å². The summed E-state index contributed by atoms with van der Waals surface area (Å²) in [6.07, 6.45) is -1.80. The van der Waals surface area contributed by atoms with Crippen LogP contribution < -0.4 is 5.32 Å². The van der Waals surface area contributed by atoms with E-state index in [1.165, 1.54) is 23.5 Å². The van der Waals surface area contributed by atoms with Crippen molar-refractivity contribution in [2.75, 3.05) is 5.32 Å². The molecule has 0 unspecified atom stereocenters. The summed E-state index contributed by atoms with van der Waals surface area (Å²) in [7, 11) is 0. The molecular formula is C20H13F3N4OS2. The van der Waals surface area contributed by atoms with Crippen molar-refractivity contribution >= 4 is 50.1 Å². The van der Waals surface area contributed by atoms with E-state index in [0.29, 0.717) is 11.3 Å². The summed E-state index contributed by atoms with van der Waals surface area (Å²) < 4.78 is 40.8. The number of rotatable bonds is 4. The van der Waals surface area contributed by atoms with Gasteiger partial charge < -0.3 is 0 Å². The maximum atomic E-state index is 13.6. The molecule has 1 amide bonds. The third-order valence-electron chi connectivity index (χ3n) is 4.01. The molecule has 0 aliphatic carbocycles. The minimum Gasteiger partial charge on any atom is -0.298 e. The fourth-order valence-electron chi connectivity index (χ4n) is 2.70. The zero-order valence-electron chi connectivity index (χ0n) is 15.4. The molecular weight excluding hydrogens is 433 g/mol. The van der Waals surface area contributed by atoms with Crippen LogP contribution in [0, 0.1) is 6.92 Å². The lowest BCUT2D eigenvalue weighted by Gasteiger charge is -2.09. The van der Waals surface area contributed by atoms with Crippen molar-refractivity contribution in [3.63, 3.8) is 0 Å². The lowest BCUT2D eigenvalue weighted by molar-refractivity contribution is -0.136. The predicted octanol–water partition coefficient (Wildman–Crippen LogP) is 5.79. The summed E-state index contributed by atoms with van der Waals surface area (Å²) in [6.45, 7) is 1.85. The van der Waals surface area contributed by atoms with Crippen LogP contribution in [-0.4, -0.2) is 20.9 Å². The molecule has 30 heavy (non-hydrogen) atoms. The Morgan fingerprint density at radius 2 is 1.90 bits per heavy atom. The summed E-state index contributed by atoms with van der Waals surface area (Å²) in [5.74, 6) is -0.517. The highest BCUT2D eigenvalue weighted by atomic mass is 32.1. The molecule has 3 aromatic heterocycles. The van der Waals surface area contributed by atoms with E-state index in [1.54, 1.807) is 35.7 Å². The van der Waals surface area contributed by atoms with Crippen LogP contribution in [-0.2, 0) is 11.0 Å². The average Bonchev–Trinajstić information content (AvgIpc) is 3.30. The number of halogens is 3. The Morgan fingerprint density at radius 3 is 2.57 bits per heavy atom. The van der Waals surface area contributed by atoms with E-state index in [2.05, 4.69) is 20.3 Å². The first-order valence-electron chi connectivity index (χ1n) is 8.65. The molecule has 0 saturated carbocycles. The van der Waals surface area contributed by atoms with Crippen molar-refractivity contribution in [3.05, 3.63) is 64.1 Å². The van der Waals surface area contributed by atoms with E-state index in [-0.39, 0.29) is 21.2 Å². The SMILES string of the molecule is Cc1nc(/C=C/C(=O)Nc2nc3nc(-c4ccccc4)cc(C(F)(F)F)c3s2)cs1. The summed E-state index contributed by atoms with van der Waals surface area (Å²) in [6, 6.07) is 9.56. The van der Waals surface area contributed by atoms with Gasteiger partial charge in [0.05, 0.1) is 26.7 Å². The van der Waals surface area contributed by atoms with Gasteiger partial charge in [-0.3, -0.25) is 10.1 Å². The largest absolute Gasteiger partial charge is 0.417 e. The van der Waals surface area contributed by atoms with Crippen LogP contribution in [0.5, 0.6) is 0 Å². The number of pyridine rings is 1.